The third-order valence-electron chi connectivity index (χ3n) is 2.38. The smallest absolute Gasteiger partial charge is 0.141 e. The van der Waals surface area contributed by atoms with Crippen LogP contribution in [0.5, 0.6) is 0 Å². The molecule has 1 rings (SSSR count). The van der Waals surface area contributed by atoms with E-state index in [2.05, 4.69) is 55.2 Å². The van der Waals surface area contributed by atoms with Gasteiger partial charge < -0.3 is 10.2 Å². The van der Waals surface area contributed by atoms with E-state index in [1.54, 1.807) is 6.33 Å². The van der Waals surface area contributed by atoms with Gasteiger partial charge in [-0.25, -0.2) is 9.67 Å². The van der Waals surface area contributed by atoms with E-state index in [1.807, 2.05) is 4.68 Å². The van der Waals surface area contributed by atoms with Crippen molar-refractivity contribution in [3.05, 3.63) is 12.2 Å². The van der Waals surface area contributed by atoms with Gasteiger partial charge in [-0.1, -0.05) is 0 Å². The fourth-order valence-electron chi connectivity index (χ4n) is 1.71. The van der Waals surface area contributed by atoms with Crippen LogP contribution in [0.25, 0.3) is 0 Å². The summed E-state index contributed by atoms with van der Waals surface area (Å²) in [4.78, 5) is 6.44. The average molecular weight is 225 g/mol. The molecule has 1 unspecified atom stereocenters. The van der Waals surface area contributed by atoms with Crippen molar-refractivity contribution in [2.24, 2.45) is 0 Å². The van der Waals surface area contributed by atoms with Gasteiger partial charge in [0, 0.05) is 18.6 Å². The first kappa shape index (κ1) is 13.1. The van der Waals surface area contributed by atoms with Crippen molar-refractivity contribution in [1.82, 2.24) is 25.0 Å². The van der Waals surface area contributed by atoms with Crippen LogP contribution in [0.2, 0.25) is 0 Å². The SMILES string of the molecule is CC(CN(C)C)NCc1ncnn1C(C)C. The minimum absolute atomic E-state index is 0.364. The second-order valence-corrected chi connectivity index (χ2v) is 4.76. The third kappa shape index (κ3) is 3.90. The molecule has 5 heteroatoms. The zero-order chi connectivity index (χ0) is 12.1. The molecule has 0 aliphatic heterocycles. The second kappa shape index (κ2) is 5.96. The average Bonchev–Trinajstić information content (AvgIpc) is 2.61. The predicted octanol–water partition coefficient (Wildman–Crippen LogP) is 0.899. The number of aromatic nitrogens is 3. The van der Waals surface area contributed by atoms with Crippen molar-refractivity contribution in [2.75, 3.05) is 20.6 Å². The van der Waals surface area contributed by atoms with E-state index in [1.165, 1.54) is 0 Å². The predicted molar refractivity (Wildman–Crippen MR) is 65.3 cm³/mol. The highest BCUT2D eigenvalue weighted by molar-refractivity contribution is 4.86. The van der Waals surface area contributed by atoms with Gasteiger partial charge in [0.1, 0.15) is 12.2 Å². The molecule has 0 amide bonds. The summed E-state index contributed by atoms with van der Waals surface area (Å²) >= 11 is 0. The topological polar surface area (TPSA) is 46.0 Å². The number of nitrogens with one attached hydrogen (secondary N) is 1. The number of hydrogen-bond acceptors (Lipinski definition) is 4. The van der Waals surface area contributed by atoms with Crippen LogP contribution in [0.1, 0.15) is 32.6 Å². The maximum Gasteiger partial charge on any atom is 0.141 e. The number of likely N-dealkylation sites (N-methyl/N-ethyl adjacent to an activating group) is 1. The Kier molecular flexibility index (Phi) is 4.89. The Hall–Kier alpha value is -0.940. The summed E-state index contributed by atoms with van der Waals surface area (Å²) < 4.78 is 1.95. The minimum atomic E-state index is 0.364. The fraction of sp³-hybridized carbons (Fsp3) is 0.818. The van der Waals surface area contributed by atoms with Gasteiger partial charge in [-0.3, -0.25) is 0 Å². The van der Waals surface area contributed by atoms with Gasteiger partial charge in [0.05, 0.1) is 6.54 Å². The summed E-state index contributed by atoms with van der Waals surface area (Å²) in [5.41, 5.74) is 0. The molecule has 0 bridgehead atoms. The summed E-state index contributed by atoms with van der Waals surface area (Å²) in [6, 6.07) is 0.816. The lowest BCUT2D eigenvalue weighted by Gasteiger charge is -2.18. The van der Waals surface area contributed by atoms with E-state index >= 15 is 0 Å². The summed E-state index contributed by atoms with van der Waals surface area (Å²) in [7, 11) is 4.16. The van der Waals surface area contributed by atoms with Crippen molar-refractivity contribution in [3.8, 4) is 0 Å². The molecule has 0 radical (unpaired) electrons. The number of nitrogens with zero attached hydrogens (tertiary/aromatic N) is 4. The van der Waals surface area contributed by atoms with Crippen LogP contribution in [0.4, 0.5) is 0 Å². The second-order valence-electron chi connectivity index (χ2n) is 4.76. The molecule has 16 heavy (non-hydrogen) atoms. The van der Waals surface area contributed by atoms with Gasteiger partial charge in [-0.05, 0) is 34.9 Å². The van der Waals surface area contributed by atoms with Crippen LogP contribution in [-0.2, 0) is 6.54 Å². The van der Waals surface area contributed by atoms with Gasteiger partial charge in [0.2, 0.25) is 0 Å². The highest BCUT2D eigenvalue weighted by atomic mass is 15.4. The maximum atomic E-state index is 4.26. The molecule has 0 saturated heterocycles. The molecule has 92 valence electrons. The first-order valence-corrected chi connectivity index (χ1v) is 5.77. The molecular weight excluding hydrogens is 202 g/mol. The Morgan fingerprint density at radius 3 is 2.62 bits per heavy atom. The zero-order valence-electron chi connectivity index (χ0n) is 10.9. The zero-order valence-corrected chi connectivity index (χ0v) is 10.9. The van der Waals surface area contributed by atoms with Crippen LogP contribution in [0, 0.1) is 0 Å². The molecule has 1 atom stereocenters. The summed E-state index contributed by atoms with van der Waals surface area (Å²) in [5, 5.41) is 7.66. The number of hydrogen-bond donors (Lipinski definition) is 1. The molecule has 1 heterocycles. The molecule has 1 aromatic rings. The fourth-order valence-corrected chi connectivity index (χ4v) is 1.71. The molecule has 0 spiro atoms. The van der Waals surface area contributed by atoms with Crippen LogP contribution in [0.15, 0.2) is 6.33 Å². The van der Waals surface area contributed by atoms with Crippen molar-refractivity contribution in [2.45, 2.75) is 39.4 Å². The van der Waals surface area contributed by atoms with Gasteiger partial charge in [0.15, 0.2) is 0 Å². The Morgan fingerprint density at radius 2 is 2.06 bits per heavy atom. The highest BCUT2D eigenvalue weighted by Crippen LogP contribution is 2.04. The van der Waals surface area contributed by atoms with Gasteiger partial charge >= 0.3 is 0 Å². The van der Waals surface area contributed by atoms with Crippen LogP contribution in [-0.4, -0.2) is 46.3 Å². The third-order valence-corrected chi connectivity index (χ3v) is 2.38. The molecule has 1 N–H and O–H groups in total. The van der Waals surface area contributed by atoms with E-state index in [-0.39, 0.29) is 0 Å². The van der Waals surface area contributed by atoms with Crippen molar-refractivity contribution in [1.29, 1.82) is 0 Å². The quantitative estimate of drug-likeness (QED) is 0.781. The van der Waals surface area contributed by atoms with Crippen LogP contribution in [0.3, 0.4) is 0 Å². The van der Waals surface area contributed by atoms with Gasteiger partial charge in [-0.2, -0.15) is 5.10 Å². The Balaban J connectivity index is 2.45. The van der Waals surface area contributed by atoms with E-state index in [9.17, 15) is 0 Å². The maximum absolute atomic E-state index is 4.26. The van der Waals surface area contributed by atoms with Crippen molar-refractivity contribution >= 4 is 0 Å². The highest BCUT2D eigenvalue weighted by Gasteiger charge is 2.09. The van der Waals surface area contributed by atoms with E-state index in [4.69, 9.17) is 0 Å². The summed E-state index contributed by atoms with van der Waals surface area (Å²) in [5.74, 6) is 1.00. The largest absolute Gasteiger partial charge is 0.308 e. The molecule has 0 aliphatic rings. The van der Waals surface area contributed by atoms with Crippen molar-refractivity contribution < 1.29 is 0 Å². The standard InChI is InChI=1S/C11H23N5/c1-9(2)16-11(13-8-14-16)6-12-10(3)7-15(4)5/h8-10,12H,6-7H2,1-5H3. The normalized spacial score (nSPS) is 13.7. The van der Waals surface area contributed by atoms with Crippen LogP contribution < -0.4 is 5.32 Å². The van der Waals surface area contributed by atoms with Crippen molar-refractivity contribution in [3.63, 3.8) is 0 Å². The monoisotopic (exact) mass is 225 g/mol. The lowest BCUT2D eigenvalue weighted by molar-refractivity contribution is 0.344. The first-order chi connectivity index (χ1) is 7.50. The molecule has 0 saturated carbocycles. The lowest BCUT2D eigenvalue weighted by atomic mass is 10.3. The van der Waals surface area contributed by atoms with Gasteiger partial charge in [0.25, 0.3) is 0 Å². The number of rotatable bonds is 6. The molecule has 5 nitrogen and oxygen atoms in total. The Bertz CT molecular complexity index is 305. The molecule has 0 fully saturated rings. The molecule has 0 aromatic carbocycles. The first-order valence-electron chi connectivity index (χ1n) is 5.77. The minimum Gasteiger partial charge on any atom is -0.308 e. The molecule has 1 aromatic heterocycles. The lowest BCUT2D eigenvalue weighted by Crippen LogP contribution is -2.36. The Morgan fingerprint density at radius 1 is 1.38 bits per heavy atom. The van der Waals surface area contributed by atoms with Crippen LogP contribution >= 0.6 is 0 Å². The van der Waals surface area contributed by atoms with E-state index in [0.717, 1.165) is 18.9 Å². The van der Waals surface area contributed by atoms with E-state index < -0.39 is 0 Å². The molecular formula is C11H23N5. The summed E-state index contributed by atoms with van der Waals surface area (Å²) in [6.07, 6.45) is 1.62. The Labute approximate surface area is 97.9 Å². The van der Waals surface area contributed by atoms with Gasteiger partial charge in [-0.15, -0.1) is 0 Å². The summed E-state index contributed by atoms with van der Waals surface area (Å²) in [6.45, 7) is 8.20. The van der Waals surface area contributed by atoms with E-state index in [0.29, 0.717) is 12.1 Å². The molecule has 0 aliphatic carbocycles.